The fraction of sp³-hybridized carbons (Fsp3) is 0.200. The summed E-state index contributed by atoms with van der Waals surface area (Å²) in [4.78, 5) is 17.6. The van der Waals surface area contributed by atoms with Gasteiger partial charge in [0.25, 0.3) is 5.91 Å². The highest BCUT2D eigenvalue weighted by molar-refractivity contribution is 7.11. The van der Waals surface area contributed by atoms with Gasteiger partial charge in [-0.2, -0.15) is 0 Å². The average Bonchev–Trinajstić information content (AvgIpc) is 2.97. The maximum atomic E-state index is 11.7. The number of carbonyl (C=O) groups is 1. The Hall–Kier alpha value is -2.14. The molecule has 0 aliphatic rings. The second kappa shape index (κ2) is 7.45. The van der Waals surface area contributed by atoms with Gasteiger partial charge >= 0.3 is 0 Å². The van der Waals surface area contributed by atoms with Crippen LogP contribution in [0.25, 0.3) is 0 Å². The number of nitrogens with one attached hydrogen (secondary N) is 1. The van der Waals surface area contributed by atoms with Gasteiger partial charge in [0, 0.05) is 10.6 Å². The van der Waals surface area contributed by atoms with E-state index in [1.54, 1.807) is 17.6 Å². The van der Waals surface area contributed by atoms with Gasteiger partial charge in [-0.25, -0.2) is 0 Å². The van der Waals surface area contributed by atoms with Gasteiger partial charge in [0.1, 0.15) is 0 Å². The Morgan fingerprint density at radius 3 is 3.05 bits per heavy atom. The van der Waals surface area contributed by atoms with Crippen LogP contribution < -0.4 is 5.32 Å². The molecule has 5 heteroatoms. The van der Waals surface area contributed by atoms with Crippen molar-refractivity contribution in [3.05, 3.63) is 52.2 Å². The Labute approximate surface area is 122 Å². The van der Waals surface area contributed by atoms with E-state index in [4.69, 9.17) is 4.84 Å². The van der Waals surface area contributed by atoms with E-state index in [9.17, 15) is 4.79 Å². The van der Waals surface area contributed by atoms with E-state index < -0.39 is 0 Å². The van der Waals surface area contributed by atoms with Crippen molar-refractivity contribution in [2.45, 2.75) is 13.3 Å². The highest BCUT2D eigenvalue weighted by Crippen LogP contribution is 2.11. The number of anilines is 1. The zero-order valence-electron chi connectivity index (χ0n) is 11.2. The molecule has 104 valence electrons. The molecule has 20 heavy (non-hydrogen) atoms. The molecule has 0 saturated carbocycles. The SMILES string of the molecule is CCc1cccc(NC(=O)CO/N=C/c2cccs2)c1. The predicted molar refractivity (Wildman–Crippen MR) is 82.3 cm³/mol. The molecule has 0 spiro atoms. The van der Waals surface area contributed by atoms with Gasteiger partial charge in [0.2, 0.25) is 0 Å². The molecule has 4 nitrogen and oxygen atoms in total. The largest absolute Gasteiger partial charge is 0.386 e. The normalized spacial score (nSPS) is 10.7. The molecule has 0 unspecified atom stereocenters. The molecule has 0 aliphatic carbocycles. The third-order valence-electron chi connectivity index (χ3n) is 2.61. The number of nitrogens with zero attached hydrogens (tertiary/aromatic N) is 1. The smallest absolute Gasteiger partial charge is 0.265 e. The third kappa shape index (κ3) is 4.51. The Morgan fingerprint density at radius 1 is 1.40 bits per heavy atom. The van der Waals surface area contributed by atoms with Gasteiger partial charge in [0.05, 0.1) is 6.21 Å². The van der Waals surface area contributed by atoms with Gasteiger partial charge in [-0.1, -0.05) is 30.3 Å². The minimum atomic E-state index is -0.221. The Kier molecular flexibility index (Phi) is 5.32. The van der Waals surface area contributed by atoms with Gasteiger partial charge in [-0.15, -0.1) is 11.3 Å². The van der Waals surface area contributed by atoms with E-state index >= 15 is 0 Å². The van der Waals surface area contributed by atoms with E-state index in [1.807, 2.05) is 41.8 Å². The van der Waals surface area contributed by atoms with Crippen molar-refractivity contribution in [1.29, 1.82) is 0 Å². The average molecular weight is 288 g/mol. The first-order valence-corrected chi connectivity index (χ1v) is 7.23. The van der Waals surface area contributed by atoms with Crippen LogP contribution in [0.2, 0.25) is 0 Å². The number of hydrogen-bond acceptors (Lipinski definition) is 4. The van der Waals surface area contributed by atoms with Crippen LogP contribution in [-0.2, 0) is 16.1 Å². The molecule has 1 N–H and O–H groups in total. The number of benzene rings is 1. The molecular formula is C15H16N2O2S. The molecule has 1 aromatic carbocycles. The van der Waals surface area contributed by atoms with Crippen LogP contribution in [0.15, 0.2) is 46.9 Å². The third-order valence-corrected chi connectivity index (χ3v) is 3.42. The number of rotatable bonds is 6. The minimum absolute atomic E-state index is 0.0990. The van der Waals surface area contributed by atoms with E-state index in [-0.39, 0.29) is 12.5 Å². The highest BCUT2D eigenvalue weighted by Gasteiger charge is 2.02. The van der Waals surface area contributed by atoms with Gasteiger partial charge in [-0.3, -0.25) is 4.79 Å². The van der Waals surface area contributed by atoms with E-state index in [0.29, 0.717) is 0 Å². The Balaban J connectivity index is 1.77. The topological polar surface area (TPSA) is 50.7 Å². The number of amides is 1. The van der Waals surface area contributed by atoms with Crippen LogP contribution >= 0.6 is 11.3 Å². The summed E-state index contributed by atoms with van der Waals surface area (Å²) in [6.45, 7) is 1.97. The molecule has 1 heterocycles. The maximum Gasteiger partial charge on any atom is 0.265 e. The zero-order chi connectivity index (χ0) is 14.2. The van der Waals surface area contributed by atoms with Crippen LogP contribution in [0.1, 0.15) is 17.4 Å². The van der Waals surface area contributed by atoms with Crippen molar-refractivity contribution in [1.82, 2.24) is 0 Å². The fourth-order valence-electron chi connectivity index (χ4n) is 1.62. The maximum absolute atomic E-state index is 11.7. The Bertz CT molecular complexity index is 579. The number of oxime groups is 1. The molecule has 0 fully saturated rings. The molecule has 0 aliphatic heterocycles. The predicted octanol–water partition coefficient (Wildman–Crippen LogP) is 3.30. The van der Waals surface area contributed by atoms with Gasteiger partial charge < -0.3 is 10.2 Å². The summed E-state index contributed by atoms with van der Waals surface area (Å²) in [5.74, 6) is -0.221. The molecular weight excluding hydrogens is 272 g/mol. The summed E-state index contributed by atoms with van der Waals surface area (Å²) in [7, 11) is 0. The van der Waals surface area contributed by atoms with Crippen molar-refractivity contribution in [2.75, 3.05) is 11.9 Å². The molecule has 0 saturated heterocycles. The number of thiophene rings is 1. The monoisotopic (exact) mass is 288 g/mol. The second-order valence-electron chi connectivity index (χ2n) is 4.13. The van der Waals surface area contributed by atoms with Crippen LogP contribution in [0.4, 0.5) is 5.69 Å². The van der Waals surface area contributed by atoms with E-state index in [1.165, 1.54) is 5.56 Å². The van der Waals surface area contributed by atoms with Crippen LogP contribution in [0.5, 0.6) is 0 Å². The summed E-state index contributed by atoms with van der Waals surface area (Å²) in [5.41, 5.74) is 1.96. The highest BCUT2D eigenvalue weighted by atomic mass is 32.1. The number of aryl methyl sites for hydroxylation is 1. The van der Waals surface area contributed by atoms with Crippen molar-refractivity contribution in [3.8, 4) is 0 Å². The van der Waals surface area contributed by atoms with Crippen molar-refractivity contribution < 1.29 is 9.63 Å². The number of hydrogen-bond donors (Lipinski definition) is 1. The van der Waals surface area contributed by atoms with Crippen LogP contribution in [-0.4, -0.2) is 18.7 Å². The number of carbonyl (C=O) groups excluding carboxylic acids is 1. The molecule has 2 aromatic rings. The lowest BCUT2D eigenvalue weighted by Crippen LogP contribution is -2.17. The molecule has 2 rings (SSSR count). The summed E-state index contributed by atoms with van der Waals surface area (Å²) in [5, 5.41) is 8.48. The van der Waals surface area contributed by atoms with Gasteiger partial charge in [-0.05, 0) is 35.6 Å². The first-order chi connectivity index (χ1) is 9.78. The lowest BCUT2D eigenvalue weighted by Gasteiger charge is -2.05. The van der Waals surface area contributed by atoms with E-state index in [2.05, 4.69) is 17.4 Å². The lowest BCUT2D eigenvalue weighted by molar-refractivity contribution is -0.120. The molecule has 0 radical (unpaired) electrons. The standard InChI is InChI=1S/C15H16N2O2S/c1-2-12-5-3-6-13(9-12)17-15(18)11-19-16-10-14-7-4-8-20-14/h3-10H,2,11H2,1H3,(H,17,18)/b16-10+. The fourth-order valence-corrected chi connectivity index (χ4v) is 2.19. The Morgan fingerprint density at radius 2 is 2.30 bits per heavy atom. The van der Waals surface area contributed by atoms with Crippen molar-refractivity contribution in [2.24, 2.45) is 5.16 Å². The summed E-state index contributed by atoms with van der Waals surface area (Å²) in [6.07, 6.45) is 2.53. The first-order valence-electron chi connectivity index (χ1n) is 6.35. The second-order valence-corrected chi connectivity index (χ2v) is 5.10. The van der Waals surface area contributed by atoms with Gasteiger partial charge in [0.15, 0.2) is 6.61 Å². The summed E-state index contributed by atoms with van der Waals surface area (Å²) >= 11 is 1.56. The quantitative estimate of drug-likeness (QED) is 0.655. The molecule has 0 atom stereocenters. The summed E-state index contributed by atoms with van der Waals surface area (Å²) in [6, 6.07) is 11.6. The first kappa shape index (κ1) is 14.3. The summed E-state index contributed by atoms with van der Waals surface area (Å²) < 4.78 is 0. The van der Waals surface area contributed by atoms with Crippen molar-refractivity contribution >= 4 is 29.1 Å². The lowest BCUT2D eigenvalue weighted by atomic mass is 10.1. The van der Waals surface area contributed by atoms with E-state index in [0.717, 1.165) is 17.0 Å². The van der Waals surface area contributed by atoms with Crippen LogP contribution in [0.3, 0.4) is 0 Å². The van der Waals surface area contributed by atoms with Crippen LogP contribution in [0, 0.1) is 0 Å². The molecule has 0 bridgehead atoms. The van der Waals surface area contributed by atoms with Crippen molar-refractivity contribution in [3.63, 3.8) is 0 Å². The molecule has 1 aromatic heterocycles. The minimum Gasteiger partial charge on any atom is -0.386 e. The zero-order valence-corrected chi connectivity index (χ0v) is 12.0. The molecule has 1 amide bonds.